The van der Waals surface area contributed by atoms with Crippen LogP contribution in [-0.4, -0.2) is 32.1 Å². The molecule has 1 aliphatic rings. The summed E-state index contributed by atoms with van der Waals surface area (Å²) in [5, 5.41) is 0. The Morgan fingerprint density at radius 1 is 1.46 bits per heavy atom. The smallest absolute Gasteiger partial charge is 0.293 e. The normalized spacial score (nSPS) is 18.2. The van der Waals surface area contributed by atoms with Gasteiger partial charge >= 0.3 is 0 Å². The van der Waals surface area contributed by atoms with Crippen molar-refractivity contribution in [2.24, 2.45) is 5.92 Å². The largest absolute Gasteiger partial charge is 0.467 e. The molecule has 1 aliphatic heterocycles. The summed E-state index contributed by atoms with van der Waals surface area (Å²) < 4.78 is 9.53. The van der Waals surface area contributed by atoms with E-state index in [9.17, 15) is 9.59 Å². The summed E-state index contributed by atoms with van der Waals surface area (Å²) in [4.78, 5) is 21.2. The fourth-order valence-corrected chi connectivity index (χ4v) is 1.32. The Hall–Kier alpha value is -0.900. The van der Waals surface area contributed by atoms with E-state index < -0.39 is 0 Å². The lowest BCUT2D eigenvalue weighted by Gasteiger charge is -2.20. The van der Waals surface area contributed by atoms with Crippen LogP contribution >= 0.6 is 0 Å². The third kappa shape index (κ3) is 3.55. The molecule has 0 amide bonds. The first kappa shape index (κ1) is 10.2. The van der Waals surface area contributed by atoms with Gasteiger partial charge < -0.3 is 9.47 Å². The zero-order valence-electron chi connectivity index (χ0n) is 7.40. The minimum absolute atomic E-state index is 0.0593. The summed E-state index contributed by atoms with van der Waals surface area (Å²) in [6.45, 7) is 1.73. The third-order valence-corrected chi connectivity index (χ3v) is 2.07. The topological polar surface area (TPSA) is 52.6 Å². The minimum Gasteiger partial charge on any atom is -0.467 e. The zero-order chi connectivity index (χ0) is 9.52. The van der Waals surface area contributed by atoms with Crippen LogP contribution in [-0.2, 0) is 19.1 Å². The van der Waals surface area contributed by atoms with E-state index in [1.165, 1.54) is 6.42 Å². The van der Waals surface area contributed by atoms with E-state index in [0.717, 1.165) is 12.8 Å². The molecule has 0 saturated carbocycles. The summed E-state index contributed by atoms with van der Waals surface area (Å²) in [5.41, 5.74) is 0. The van der Waals surface area contributed by atoms with Gasteiger partial charge in [0, 0.05) is 19.1 Å². The van der Waals surface area contributed by atoms with Crippen LogP contribution in [0.2, 0.25) is 0 Å². The SMILES string of the molecule is O=COC[CH]C(=O)C1CCOCC1. The first-order valence-corrected chi connectivity index (χ1v) is 4.34. The van der Waals surface area contributed by atoms with Crippen molar-refractivity contribution in [2.75, 3.05) is 19.8 Å². The van der Waals surface area contributed by atoms with Gasteiger partial charge in [-0.2, -0.15) is 0 Å². The fraction of sp³-hybridized carbons (Fsp3) is 0.667. The maximum atomic E-state index is 11.4. The lowest BCUT2D eigenvalue weighted by atomic mass is 9.94. The zero-order valence-corrected chi connectivity index (χ0v) is 7.40. The van der Waals surface area contributed by atoms with Crippen molar-refractivity contribution in [2.45, 2.75) is 12.8 Å². The van der Waals surface area contributed by atoms with Crippen molar-refractivity contribution in [1.29, 1.82) is 0 Å². The van der Waals surface area contributed by atoms with E-state index in [4.69, 9.17) is 4.74 Å². The average Bonchev–Trinajstić information content (AvgIpc) is 2.19. The van der Waals surface area contributed by atoms with E-state index in [1.54, 1.807) is 0 Å². The summed E-state index contributed by atoms with van der Waals surface area (Å²) in [6.07, 6.45) is 2.97. The number of hydrogen-bond donors (Lipinski definition) is 0. The first-order valence-electron chi connectivity index (χ1n) is 4.34. The summed E-state index contributed by atoms with van der Waals surface area (Å²) in [7, 11) is 0. The molecule has 0 aliphatic carbocycles. The minimum atomic E-state index is 0.0593. The van der Waals surface area contributed by atoms with Gasteiger partial charge in [0.05, 0.1) is 6.42 Å². The average molecular weight is 185 g/mol. The van der Waals surface area contributed by atoms with E-state index in [-0.39, 0.29) is 18.3 Å². The Morgan fingerprint density at radius 2 is 2.15 bits per heavy atom. The number of ketones is 1. The van der Waals surface area contributed by atoms with Crippen LogP contribution < -0.4 is 0 Å². The molecule has 0 aromatic heterocycles. The van der Waals surface area contributed by atoms with Crippen molar-refractivity contribution in [1.82, 2.24) is 0 Å². The first-order chi connectivity index (χ1) is 6.34. The quantitative estimate of drug-likeness (QED) is 0.458. The Morgan fingerprint density at radius 3 is 2.77 bits per heavy atom. The van der Waals surface area contributed by atoms with Gasteiger partial charge in [-0.25, -0.2) is 0 Å². The summed E-state index contributed by atoms with van der Waals surface area (Å²) in [5.74, 6) is 0.120. The Balaban J connectivity index is 2.17. The van der Waals surface area contributed by atoms with Gasteiger partial charge in [0.1, 0.15) is 12.4 Å². The molecule has 1 fully saturated rings. The summed E-state index contributed by atoms with van der Waals surface area (Å²) in [6, 6.07) is 0. The van der Waals surface area contributed by atoms with Gasteiger partial charge in [-0.15, -0.1) is 0 Å². The molecule has 1 radical (unpaired) electrons. The lowest BCUT2D eigenvalue weighted by molar-refractivity contribution is -0.129. The molecule has 73 valence electrons. The van der Waals surface area contributed by atoms with Crippen molar-refractivity contribution in [3.05, 3.63) is 6.42 Å². The van der Waals surface area contributed by atoms with Crippen LogP contribution in [0.4, 0.5) is 0 Å². The van der Waals surface area contributed by atoms with Gasteiger partial charge in [0.15, 0.2) is 0 Å². The van der Waals surface area contributed by atoms with Crippen LogP contribution in [0.1, 0.15) is 12.8 Å². The highest BCUT2D eigenvalue weighted by Gasteiger charge is 2.21. The maximum absolute atomic E-state index is 11.4. The molecule has 0 unspecified atom stereocenters. The molecule has 0 aromatic carbocycles. The monoisotopic (exact) mass is 185 g/mol. The number of rotatable bonds is 5. The standard InChI is InChI=1S/C9H13O4/c10-7-13-6-3-9(11)8-1-4-12-5-2-8/h3,7-8H,1-2,4-6H2. The molecule has 1 rings (SSSR count). The van der Waals surface area contributed by atoms with Crippen molar-refractivity contribution >= 4 is 12.3 Å². The lowest BCUT2D eigenvalue weighted by Crippen LogP contribution is -2.24. The van der Waals surface area contributed by atoms with Crippen LogP contribution in [0, 0.1) is 12.3 Å². The third-order valence-electron chi connectivity index (χ3n) is 2.07. The van der Waals surface area contributed by atoms with Crippen LogP contribution in [0.15, 0.2) is 0 Å². The van der Waals surface area contributed by atoms with Crippen molar-refractivity contribution in [3.8, 4) is 0 Å². The van der Waals surface area contributed by atoms with E-state index >= 15 is 0 Å². The van der Waals surface area contributed by atoms with Crippen molar-refractivity contribution < 1.29 is 19.1 Å². The second-order valence-corrected chi connectivity index (χ2v) is 2.92. The van der Waals surface area contributed by atoms with Crippen molar-refractivity contribution in [3.63, 3.8) is 0 Å². The van der Waals surface area contributed by atoms with Crippen LogP contribution in [0.25, 0.3) is 0 Å². The van der Waals surface area contributed by atoms with Crippen LogP contribution in [0.5, 0.6) is 0 Å². The van der Waals surface area contributed by atoms with E-state index in [2.05, 4.69) is 4.74 Å². The molecule has 13 heavy (non-hydrogen) atoms. The number of carbonyl (C=O) groups is 2. The molecule has 0 bridgehead atoms. The Kier molecular flexibility index (Phi) is 4.46. The molecule has 0 atom stereocenters. The number of hydrogen-bond acceptors (Lipinski definition) is 4. The molecule has 0 N–H and O–H groups in total. The number of Topliss-reactive ketones (excluding diaryl/α,β-unsaturated/α-hetero) is 1. The highest BCUT2D eigenvalue weighted by atomic mass is 16.5. The highest BCUT2D eigenvalue weighted by Crippen LogP contribution is 2.16. The fourth-order valence-electron chi connectivity index (χ4n) is 1.32. The van der Waals surface area contributed by atoms with Gasteiger partial charge in [0.25, 0.3) is 6.47 Å². The second-order valence-electron chi connectivity index (χ2n) is 2.92. The van der Waals surface area contributed by atoms with E-state index in [0.29, 0.717) is 19.7 Å². The summed E-state index contributed by atoms with van der Waals surface area (Å²) >= 11 is 0. The van der Waals surface area contributed by atoms with Gasteiger partial charge in [-0.3, -0.25) is 9.59 Å². The van der Waals surface area contributed by atoms with Crippen LogP contribution in [0.3, 0.4) is 0 Å². The predicted octanol–water partition coefficient (Wildman–Crippen LogP) is 0.359. The number of carbonyl (C=O) groups excluding carboxylic acids is 2. The molecule has 1 heterocycles. The Bertz CT molecular complexity index is 172. The molecule has 0 aromatic rings. The predicted molar refractivity (Wildman–Crippen MR) is 44.9 cm³/mol. The highest BCUT2D eigenvalue weighted by molar-refractivity contribution is 5.89. The molecule has 0 spiro atoms. The molecular weight excluding hydrogens is 172 g/mol. The Labute approximate surface area is 77.2 Å². The maximum Gasteiger partial charge on any atom is 0.293 e. The second kappa shape index (κ2) is 5.70. The molecule has 4 nitrogen and oxygen atoms in total. The van der Waals surface area contributed by atoms with Gasteiger partial charge in [0.2, 0.25) is 0 Å². The van der Waals surface area contributed by atoms with E-state index in [1.807, 2.05) is 0 Å². The van der Waals surface area contributed by atoms with Gasteiger partial charge in [-0.05, 0) is 12.8 Å². The van der Waals surface area contributed by atoms with Gasteiger partial charge in [-0.1, -0.05) is 0 Å². The molecule has 4 heteroatoms. The molecular formula is C9H13O4. The number of ether oxygens (including phenoxy) is 2. The molecule has 1 saturated heterocycles.